The first-order valence-electron chi connectivity index (χ1n) is 43.4. The molecule has 1 aromatic heterocycles. The number of Topliss-reactive ketones (excluding diaryl/α,β-unsaturated/α-hetero) is 2. The molecule has 134 heavy (non-hydrogen) atoms. The zero-order valence-corrected chi connectivity index (χ0v) is 78.3. The van der Waals surface area contributed by atoms with Crippen molar-refractivity contribution in [3.63, 3.8) is 0 Å². The van der Waals surface area contributed by atoms with E-state index < -0.39 is 19.2 Å². The highest BCUT2D eigenvalue weighted by Crippen LogP contribution is 2.51. The Morgan fingerprint density at radius 1 is 0.425 bits per heavy atom. The molecule has 25 nitrogen and oxygen atoms in total. The van der Waals surface area contributed by atoms with Gasteiger partial charge in [-0.3, -0.25) is 19.2 Å². The number of rotatable bonds is 31. The van der Waals surface area contributed by atoms with E-state index in [9.17, 15) is 57.7 Å². The summed E-state index contributed by atoms with van der Waals surface area (Å²) < 4.78 is 112. The Kier molecular flexibility index (Phi) is 33.4. The number of aromatic nitrogens is 1. The van der Waals surface area contributed by atoms with Crippen LogP contribution in [0.4, 0.5) is 13.2 Å². The highest BCUT2D eigenvalue weighted by atomic mass is 32.2. The number of hydrogen-bond donors (Lipinski definition) is 7. The molecule has 3 saturated heterocycles. The summed E-state index contributed by atoms with van der Waals surface area (Å²) in [7, 11) is 10.00. The molecule has 31 heteroatoms. The number of aryl methyl sites for hydroxylation is 1. The van der Waals surface area contributed by atoms with E-state index in [-0.39, 0.29) is 100 Å². The van der Waals surface area contributed by atoms with E-state index in [0.29, 0.717) is 124 Å². The topological polar surface area (TPSA) is 326 Å². The molecule has 702 valence electrons. The van der Waals surface area contributed by atoms with E-state index in [1.165, 1.54) is 105 Å². The molecule has 7 N–H and O–H groups in total. The van der Waals surface area contributed by atoms with E-state index in [4.69, 9.17) is 61.6 Å². The molecule has 8 aromatic carbocycles. The maximum Gasteiger partial charge on any atom is 0.496 e. The molecule has 4 heterocycles. The standard InChI is InChI=1S/C26H24FNO4S.C26H27FO5S.C26H29NO6.C25H27BFNO7/c1-15-19(7-5-18(29)14-25-28-8-9-33-25)22-13-17(27)4-6-20(22)21(15)10-16-11-23(31-2)26(30)24(12-16)32-3;1-15-19(7-5-18(28)14-25-32-8-9-33-25)22-13-17(27)4-6-20(22)21(15)10-16-11-23(30-2)26(29)24(12-16)31-3;1-15-5-6-18-19(10-17-11-22(30-3)26(29)23(12-17)31-4)16(2)20(21(18)9-15)13-24(28)27-14-25-32-7-8-33-25;1-14-18(8-15-9-21(32-2)25(26(30)31)22(10-15)33-3)17-5-4-16(27)11-20(17)19(14)12-23(29)28-13-24-34-6-7-35-24/h4,6,8-13,30H,5,7,14H2,1-3H3;4,6,10-13,25,29H,5,7-9,14H2,1-3H3;5-6,9-12,25,29H,7-8,13-14H2,1-4H3,(H,27,28);4-5,8-11,24,30-31H,6-7,12-13H2,1-3H3,(H,28,29)/b2*21-10-;19-10-;18-8-. The molecule has 2 amide bonds. The number of hydrogen-bond acceptors (Lipinski definition) is 25. The Morgan fingerprint density at radius 2 is 0.761 bits per heavy atom. The Hall–Kier alpha value is -12.7. The number of thioether (sulfide) groups is 1. The van der Waals surface area contributed by atoms with Crippen LogP contribution in [0.5, 0.6) is 63.2 Å². The first kappa shape index (κ1) is 98.8. The molecule has 1 atom stereocenters. The molecule has 0 saturated carbocycles. The number of phenols is 3. The third-order valence-corrected chi connectivity index (χ3v) is 25.7. The molecule has 0 spiro atoms. The van der Waals surface area contributed by atoms with Crippen LogP contribution >= 0.6 is 23.1 Å². The van der Waals surface area contributed by atoms with Gasteiger partial charge in [0.15, 0.2) is 47.1 Å². The summed E-state index contributed by atoms with van der Waals surface area (Å²) in [5, 5.41) is 58.5. The van der Waals surface area contributed by atoms with Gasteiger partial charge in [-0.15, -0.1) is 23.1 Å². The highest BCUT2D eigenvalue weighted by molar-refractivity contribution is 8.00. The number of benzene rings is 8. The minimum absolute atomic E-state index is 0.0376. The Morgan fingerprint density at radius 3 is 1.10 bits per heavy atom. The molecule has 0 bridgehead atoms. The predicted molar refractivity (Wildman–Crippen MR) is 513 cm³/mol. The third kappa shape index (κ3) is 23.4. The van der Waals surface area contributed by atoms with Crippen molar-refractivity contribution in [2.24, 2.45) is 0 Å². The molecule has 0 radical (unpaired) electrons. The van der Waals surface area contributed by atoms with E-state index in [2.05, 4.69) is 33.8 Å². The van der Waals surface area contributed by atoms with Crippen molar-refractivity contribution in [1.82, 2.24) is 15.6 Å². The van der Waals surface area contributed by atoms with Crippen molar-refractivity contribution in [2.45, 2.75) is 104 Å². The van der Waals surface area contributed by atoms with Crippen molar-refractivity contribution < 1.29 is 119 Å². The minimum Gasteiger partial charge on any atom is -0.502 e. The summed E-state index contributed by atoms with van der Waals surface area (Å²) in [5.41, 5.74) is 22.4. The molecular formula is C103H107BF3N3O22S2. The van der Waals surface area contributed by atoms with Crippen LogP contribution in [0.2, 0.25) is 0 Å². The largest absolute Gasteiger partial charge is 0.502 e. The molecule has 7 aliphatic rings. The van der Waals surface area contributed by atoms with Gasteiger partial charge >= 0.3 is 7.12 Å². The number of phenolic OH excluding ortho intramolecular Hbond substituents is 3. The Balaban J connectivity index is 0.000000152. The van der Waals surface area contributed by atoms with Gasteiger partial charge in [0.25, 0.3) is 0 Å². The van der Waals surface area contributed by atoms with Crippen LogP contribution < -0.4 is 54.0 Å². The van der Waals surface area contributed by atoms with Crippen molar-refractivity contribution in [1.29, 1.82) is 0 Å². The number of fused-ring (bicyclic) bond motifs is 4. The number of methoxy groups -OCH3 is 8. The number of aromatic hydroxyl groups is 3. The van der Waals surface area contributed by atoms with Crippen molar-refractivity contribution in [3.8, 4) is 63.2 Å². The first-order valence-corrected chi connectivity index (χ1v) is 45.3. The fraction of sp³-hybridized carbons (Fsp3) is 0.311. The molecular weight excluding hydrogens is 1760 g/mol. The number of carbonyl (C=O) groups excluding carboxylic acids is 4. The molecule has 16 rings (SSSR count). The fourth-order valence-corrected chi connectivity index (χ4v) is 18.6. The number of ether oxygens (including phenoxy) is 13. The lowest BCUT2D eigenvalue weighted by Gasteiger charge is -2.14. The quantitative estimate of drug-likeness (QED) is 0.0199. The van der Waals surface area contributed by atoms with Crippen LogP contribution in [0.3, 0.4) is 0 Å². The van der Waals surface area contributed by atoms with Crippen molar-refractivity contribution in [2.75, 3.05) is 109 Å². The molecule has 3 fully saturated rings. The maximum absolute atomic E-state index is 14.2. The summed E-state index contributed by atoms with van der Waals surface area (Å²) >= 11 is 3.14. The molecule has 1 unspecified atom stereocenters. The van der Waals surface area contributed by atoms with E-state index in [0.717, 1.165) is 139 Å². The van der Waals surface area contributed by atoms with E-state index >= 15 is 0 Å². The monoisotopic (exact) mass is 1870 g/mol. The second kappa shape index (κ2) is 45.4. The normalized spacial score (nSPS) is 16.5. The highest BCUT2D eigenvalue weighted by Gasteiger charge is 2.34. The summed E-state index contributed by atoms with van der Waals surface area (Å²) in [6, 6.07) is 34.0. The molecule has 9 aromatic rings. The number of amides is 2. The average molecular weight is 1870 g/mol. The van der Waals surface area contributed by atoms with Gasteiger partial charge in [0, 0.05) is 36.6 Å². The van der Waals surface area contributed by atoms with Crippen LogP contribution in [0, 0.1) is 24.4 Å². The van der Waals surface area contributed by atoms with Crippen LogP contribution in [0.15, 0.2) is 155 Å². The van der Waals surface area contributed by atoms with Gasteiger partial charge in [-0.2, -0.15) is 0 Å². The zero-order chi connectivity index (χ0) is 95.7. The summed E-state index contributed by atoms with van der Waals surface area (Å²) in [4.78, 5) is 54.6. The number of allylic oxidation sites excluding steroid dienone is 10. The van der Waals surface area contributed by atoms with Gasteiger partial charge in [0.2, 0.25) is 29.1 Å². The lowest BCUT2D eigenvalue weighted by Crippen LogP contribution is -2.32. The lowest BCUT2D eigenvalue weighted by atomic mass is 9.78. The number of halogens is 3. The second-order valence-electron chi connectivity index (χ2n) is 32.2. The third-order valence-electron chi connectivity index (χ3n) is 23.8. The fourth-order valence-electron chi connectivity index (χ4n) is 17.0. The van der Waals surface area contributed by atoms with Crippen LogP contribution in [0.25, 0.3) is 68.9 Å². The zero-order valence-electron chi connectivity index (χ0n) is 76.7. The Labute approximate surface area is 784 Å². The van der Waals surface area contributed by atoms with E-state index in [1.54, 1.807) is 84.7 Å². The first-order chi connectivity index (χ1) is 64.5. The van der Waals surface area contributed by atoms with Gasteiger partial charge in [-0.05, 0) is 290 Å². The number of ketones is 2. The van der Waals surface area contributed by atoms with Crippen molar-refractivity contribution in [3.05, 3.63) is 250 Å². The van der Waals surface area contributed by atoms with Crippen LogP contribution in [-0.2, 0) is 49.3 Å². The van der Waals surface area contributed by atoms with Gasteiger partial charge in [0.05, 0.1) is 133 Å². The summed E-state index contributed by atoms with van der Waals surface area (Å²) in [6.07, 6.45) is 11.5. The smallest absolute Gasteiger partial charge is 0.496 e. The predicted octanol–water partition coefficient (Wildman–Crippen LogP) is 17.3. The number of thiazole rings is 1. The minimum atomic E-state index is -1.77. The summed E-state index contributed by atoms with van der Waals surface area (Å²) in [5.74, 6) is 2.07. The van der Waals surface area contributed by atoms with E-state index in [1.807, 2.05) is 64.3 Å². The number of nitrogens with zero attached hydrogens (tertiary/aromatic N) is 1. The lowest BCUT2D eigenvalue weighted by molar-refractivity contribution is -0.123. The van der Waals surface area contributed by atoms with Gasteiger partial charge in [-0.25, -0.2) is 18.2 Å². The van der Waals surface area contributed by atoms with Crippen LogP contribution in [-0.4, -0.2) is 188 Å². The van der Waals surface area contributed by atoms with Crippen LogP contribution in [0.1, 0.15) is 150 Å². The van der Waals surface area contributed by atoms with Gasteiger partial charge < -0.3 is 97.6 Å². The van der Waals surface area contributed by atoms with Gasteiger partial charge in [-0.1, -0.05) is 42.0 Å². The number of nitrogens with one attached hydrogen (secondary N) is 2. The Bertz CT molecular complexity index is 6100. The number of carbonyl (C=O) groups is 4. The van der Waals surface area contributed by atoms with Crippen molar-refractivity contribution >= 4 is 128 Å². The molecule has 4 aliphatic carbocycles. The maximum atomic E-state index is 14.2. The second-order valence-corrected chi connectivity index (χ2v) is 34.4. The van der Waals surface area contributed by atoms with Gasteiger partial charge in [0.1, 0.15) is 46.0 Å². The SMILES string of the molecule is COc1cc(/C=C2/C(C)=C(CC(=O)NCC3OCCO3)c3cc(C)ccc32)cc(OC)c1O.COc1cc(/C=C2/C(C)=C(CC(=O)NCC3OCCO3)c3cc(F)ccc32)cc(OC)c1B(O)O.COc1cc(/C=C2/C(C)=C(CCC(=O)CC3OCCS3)c3cc(F)ccc32)cc(OC)c1O.COc1cc(/C=C2/C(C)=C(CCC(=O)Cc3nccs3)c3cc(F)ccc32)cc(OC)c1O. The molecule has 3 aliphatic heterocycles. The summed E-state index contributed by atoms with van der Waals surface area (Å²) in [6.45, 7) is 13.3. The average Bonchev–Trinajstić information content (AvgIpc) is 1.63.